The quantitative estimate of drug-likeness (QED) is 0.357. The van der Waals surface area contributed by atoms with Gasteiger partial charge in [0.2, 0.25) is 5.91 Å². The molecule has 12 heteroatoms. The number of nitrogens with zero attached hydrogens (tertiary/aromatic N) is 4. The maximum absolute atomic E-state index is 14.4. The number of piperidine rings is 2. The van der Waals surface area contributed by atoms with Crippen LogP contribution in [-0.4, -0.2) is 101 Å². The third-order valence-corrected chi connectivity index (χ3v) is 10.6. The fraction of sp³-hybridized carbons (Fsp3) is 0.516. The first-order valence-corrected chi connectivity index (χ1v) is 16.5. The molecule has 3 heterocycles. The van der Waals surface area contributed by atoms with Crippen LogP contribution in [0.1, 0.15) is 36.8 Å². The molecular formula is C31H40Br2N6O4. The number of para-hydroxylation sites is 1. The van der Waals surface area contributed by atoms with Crippen LogP contribution >= 0.6 is 31.9 Å². The summed E-state index contributed by atoms with van der Waals surface area (Å²) in [5.74, 6) is -0.657. The van der Waals surface area contributed by atoms with Gasteiger partial charge in [0.05, 0.1) is 11.6 Å². The number of fused-ring (bicyclic) bond motifs is 1. The summed E-state index contributed by atoms with van der Waals surface area (Å²) >= 11 is 7.06. The molecule has 5 rings (SSSR count). The molecule has 4 amide bonds. The van der Waals surface area contributed by atoms with Crippen LogP contribution in [0.4, 0.5) is 21.0 Å². The van der Waals surface area contributed by atoms with Crippen molar-refractivity contribution in [3.05, 3.63) is 56.5 Å². The Bertz CT molecular complexity index is 1340. The molecule has 4 N–H and O–H groups in total. The first-order valence-electron chi connectivity index (χ1n) is 14.9. The maximum Gasteiger partial charge on any atom is 0.407 e. The van der Waals surface area contributed by atoms with Crippen LogP contribution in [0.3, 0.4) is 0 Å². The van der Waals surface area contributed by atoms with E-state index in [2.05, 4.69) is 56.2 Å². The number of rotatable bonds is 6. The molecule has 232 valence electrons. The fourth-order valence-electron chi connectivity index (χ4n) is 6.85. The van der Waals surface area contributed by atoms with Gasteiger partial charge in [-0.05, 0) is 114 Å². The first-order chi connectivity index (χ1) is 20.5. The number of carboxylic acid groups (broad SMARTS) is 1. The van der Waals surface area contributed by atoms with Crippen LogP contribution in [0.15, 0.2) is 45.3 Å². The molecule has 2 aromatic carbocycles. The second-order valence-electron chi connectivity index (χ2n) is 12.1. The van der Waals surface area contributed by atoms with Gasteiger partial charge >= 0.3 is 12.1 Å². The summed E-state index contributed by atoms with van der Waals surface area (Å²) < 4.78 is 1.43. The Balaban J connectivity index is 1.44. The maximum atomic E-state index is 14.4. The van der Waals surface area contributed by atoms with Gasteiger partial charge in [0, 0.05) is 58.9 Å². The van der Waals surface area contributed by atoms with E-state index in [0.717, 1.165) is 29.7 Å². The number of amides is 4. The Kier molecular flexibility index (Phi) is 9.87. The van der Waals surface area contributed by atoms with Gasteiger partial charge < -0.3 is 35.8 Å². The van der Waals surface area contributed by atoms with Gasteiger partial charge in [0.15, 0.2) is 0 Å². The number of benzene rings is 2. The van der Waals surface area contributed by atoms with E-state index in [9.17, 15) is 19.5 Å². The molecule has 2 fully saturated rings. The molecular weight excluding hydrogens is 680 g/mol. The summed E-state index contributed by atoms with van der Waals surface area (Å²) in [5, 5.41) is 13.4. The molecule has 2 aromatic rings. The number of anilines is 2. The van der Waals surface area contributed by atoms with E-state index in [1.165, 1.54) is 4.90 Å². The van der Waals surface area contributed by atoms with Gasteiger partial charge in [0.25, 0.3) is 0 Å². The monoisotopic (exact) mass is 718 g/mol. The van der Waals surface area contributed by atoms with Gasteiger partial charge in [-0.3, -0.25) is 4.79 Å². The minimum absolute atomic E-state index is 0.0362. The second-order valence-corrected chi connectivity index (χ2v) is 13.8. The van der Waals surface area contributed by atoms with Crippen molar-refractivity contribution < 1.29 is 19.5 Å². The average molecular weight is 721 g/mol. The molecule has 43 heavy (non-hydrogen) atoms. The van der Waals surface area contributed by atoms with E-state index >= 15 is 0 Å². The minimum Gasteiger partial charge on any atom is -0.465 e. The number of hydrogen-bond donors (Lipinski definition) is 3. The number of nitrogens with two attached hydrogens (primary N) is 1. The third kappa shape index (κ3) is 6.96. The van der Waals surface area contributed by atoms with E-state index < -0.39 is 18.1 Å². The van der Waals surface area contributed by atoms with Crippen molar-refractivity contribution >= 4 is 61.3 Å². The van der Waals surface area contributed by atoms with Crippen molar-refractivity contribution in [3.8, 4) is 0 Å². The molecule has 3 atom stereocenters. The van der Waals surface area contributed by atoms with E-state index in [0.29, 0.717) is 66.0 Å². The SMILES string of the molecule is CN(C)C1CCN(C(=O)C(Cc2cc(Br)c(N)c(Br)c2)[C@H]2CC(N3CCc4ccccc4NC3=O)CCN2C(=O)O)CC1. The first kappa shape index (κ1) is 31.6. The number of urea groups is 1. The summed E-state index contributed by atoms with van der Waals surface area (Å²) in [7, 11) is 4.12. The highest BCUT2D eigenvalue weighted by atomic mass is 79.9. The molecule has 0 bridgehead atoms. The van der Waals surface area contributed by atoms with Crippen molar-refractivity contribution in [1.82, 2.24) is 19.6 Å². The summed E-state index contributed by atoms with van der Waals surface area (Å²) in [6.07, 6.45) is 2.65. The highest BCUT2D eigenvalue weighted by Crippen LogP contribution is 2.35. The van der Waals surface area contributed by atoms with E-state index in [-0.39, 0.29) is 24.5 Å². The molecule has 3 aliphatic rings. The van der Waals surface area contributed by atoms with Crippen LogP contribution in [0.2, 0.25) is 0 Å². The molecule has 2 unspecified atom stereocenters. The van der Waals surface area contributed by atoms with E-state index in [1.807, 2.05) is 46.2 Å². The standard InChI is InChI=1S/C31H40Br2N6O4/c1-36(2)21-8-11-37(12-9-21)29(40)23(15-19-16-24(32)28(34)25(33)17-19)27-18-22(10-14-39(27)31(42)43)38-13-7-20-5-3-4-6-26(20)35-30(38)41/h3-6,16-17,21-23,27H,7-15,18,34H2,1-2H3,(H,35,41)(H,42,43)/t22?,23?,27-/m1/s1. The zero-order valence-electron chi connectivity index (χ0n) is 24.6. The molecule has 2 saturated heterocycles. The van der Waals surface area contributed by atoms with Gasteiger partial charge in [-0.2, -0.15) is 0 Å². The lowest BCUT2D eigenvalue weighted by Crippen LogP contribution is -2.59. The second kappa shape index (κ2) is 13.4. The summed E-state index contributed by atoms with van der Waals surface area (Å²) in [4.78, 5) is 47.8. The molecule has 0 aromatic heterocycles. The van der Waals surface area contributed by atoms with Gasteiger partial charge in [-0.25, -0.2) is 9.59 Å². The molecule has 0 radical (unpaired) electrons. The number of hydrogen-bond acceptors (Lipinski definition) is 5. The Hall–Kier alpha value is -2.83. The van der Waals surface area contributed by atoms with Crippen LogP contribution < -0.4 is 11.1 Å². The average Bonchev–Trinajstić information content (AvgIpc) is 3.16. The Morgan fingerprint density at radius 1 is 1.07 bits per heavy atom. The highest BCUT2D eigenvalue weighted by molar-refractivity contribution is 9.11. The van der Waals surface area contributed by atoms with Crippen molar-refractivity contribution in [2.75, 3.05) is 51.3 Å². The predicted molar refractivity (Wildman–Crippen MR) is 174 cm³/mol. The zero-order chi connectivity index (χ0) is 30.8. The lowest BCUT2D eigenvalue weighted by Gasteiger charge is -2.46. The largest absolute Gasteiger partial charge is 0.465 e. The lowest BCUT2D eigenvalue weighted by molar-refractivity contribution is -0.140. The molecule has 0 aliphatic carbocycles. The van der Waals surface area contributed by atoms with Crippen molar-refractivity contribution in [2.45, 2.75) is 56.7 Å². The van der Waals surface area contributed by atoms with Crippen LogP contribution in [-0.2, 0) is 17.6 Å². The zero-order valence-corrected chi connectivity index (χ0v) is 27.8. The number of halogens is 2. The fourth-order valence-corrected chi connectivity index (χ4v) is 8.13. The van der Waals surface area contributed by atoms with Crippen molar-refractivity contribution in [1.29, 1.82) is 0 Å². The summed E-state index contributed by atoms with van der Waals surface area (Å²) in [5.41, 5.74) is 9.49. The molecule has 0 spiro atoms. The number of carbonyl (C=O) groups excluding carboxylic acids is 2. The van der Waals surface area contributed by atoms with Gasteiger partial charge in [-0.1, -0.05) is 18.2 Å². The molecule has 3 aliphatic heterocycles. The smallest absolute Gasteiger partial charge is 0.407 e. The summed E-state index contributed by atoms with van der Waals surface area (Å²) in [6.45, 7) is 2.04. The number of nitrogens with one attached hydrogen (secondary N) is 1. The predicted octanol–water partition coefficient (Wildman–Crippen LogP) is 5.11. The molecule has 0 saturated carbocycles. The minimum atomic E-state index is -1.04. The number of nitrogen functional groups attached to an aromatic ring is 1. The Morgan fingerprint density at radius 3 is 2.40 bits per heavy atom. The summed E-state index contributed by atoms with van der Waals surface area (Å²) in [6, 6.07) is 11.0. The highest BCUT2D eigenvalue weighted by Gasteiger charge is 2.44. The van der Waals surface area contributed by atoms with Gasteiger partial charge in [-0.15, -0.1) is 0 Å². The third-order valence-electron chi connectivity index (χ3n) is 9.33. The Morgan fingerprint density at radius 2 is 1.74 bits per heavy atom. The number of likely N-dealkylation sites (tertiary alicyclic amines) is 2. The van der Waals surface area contributed by atoms with Crippen molar-refractivity contribution in [2.24, 2.45) is 5.92 Å². The number of carbonyl (C=O) groups is 3. The van der Waals surface area contributed by atoms with Crippen LogP contribution in [0.5, 0.6) is 0 Å². The Labute approximate surface area is 269 Å². The topological polar surface area (TPSA) is 122 Å². The van der Waals surface area contributed by atoms with Crippen molar-refractivity contribution in [3.63, 3.8) is 0 Å². The normalized spacial score (nSPS) is 22.2. The van der Waals surface area contributed by atoms with E-state index in [4.69, 9.17) is 5.73 Å². The van der Waals surface area contributed by atoms with Crippen LogP contribution in [0, 0.1) is 5.92 Å². The lowest BCUT2D eigenvalue weighted by atomic mass is 9.82. The molecule has 10 nitrogen and oxygen atoms in total. The van der Waals surface area contributed by atoms with E-state index in [1.54, 1.807) is 0 Å². The van der Waals surface area contributed by atoms with Gasteiger partial charge in [0.1, 0.15) is 0 Å². The van der Waals surface area contributed by atoms with Crippen LogP contribution in [0.25, 0.3) is 0 Å².